The molecular formula is C12H15ClN4. The average molecular weight is 251 g/mol. The van der Waals surface area contributed by atoms with Crippen LogP contribution in [0.25, 0.3) is 5.82 Å². The van der Waals surface area contributed by atoms with Crippen molar-refractivity contribution in [2.75, 3.05) is 0 Å². The third-order valence-corrected chi connectivity index (χ3v) is 2.51. The van der Waals surface area contributed by atoms with E-state index in [1.54, 1.807) is 23.3 Å². The molecule has 0 unspecified atom stereocenters. The summed E-state index contributed by atoms with van der Waals surface area (Å²) in [5.74, 6) is 0.778. The Labute approximate surface area is 106 Å². The minimum Gasteiger partial charge on any atom is -0.310 e. The summed E-state index contributed by atoms with van der Waals surface area (Å²) >= 11 is 5.83. The first kappa shape index (κ1) is 12.1. The molecule has 2 aromatic heterocycles. The molecule has 0 saturated carbocycles. The summed E-state index contributed by atoms with van der Waals surface area (Å²) in [6, 6.07) is 4.45. The molecule has 0 bridgehead atoms. The van der Waals surface area contributed by atoms with Crippen molar-refractivity contribution in [1.29, 1.82) is 0 Å². The molecule has 0 spiro atoms. The van der Waals surface area contributed by atoms with E-state index in [9.17, 15) is 0 Å². The van der Waals surface area contributed by atoms with Gasteiger partial charge in [-0.2, -0.15) is 5.10 Å². The summed E-state index contributed by atoms with van der Waals surface area (Å²) in [6.07, 6.45) is 5.12. The number of hydrogen-bond acceptors (Lipinski definition) is 3. The fourth-order valence-electron chi connectivity index (χ4n) is 1.44. The van der Waals surface area contributed by atoms with Crippen LogP contribution in [0.4, 0.5) is 0 Å². The third-order valence-electron chi connectivity index (χ3n) is 2.31. The minimum atomic E-state index is 0.464. The van der Waals surface area contributed by atoms with Crippen LogP contribution in [-0.2, 0) is 6.54 Å². The molecule has 0 radical (unpaired) electrons. The van der Waals surface area contributed by atoms with Gasteiger partial charge in [0.15, 0.2) is 5.82 Å². The molecule has 90 valence electrons. The molecule has 0 aromatic carbocycles. The normalized spacial score (nSPS) is 11.1. The standard InChI is InChI=1S/C12H15ClN4/c1-9(2)15-6-10-3-4-14-12(5-10)17-8-11(13)7-16-17/h3-5,7-9,15H,6H2,1-2H3. The molecule has 0 fully saturated rings. The third kappa shape index (κ3) is 3.28. The quantitative estimate of drug-likeness (QED) is 0.906. The molecule has 0 atom stereocenters. The summed E-state index contributed by atoms with van der Waals surface area (Å²) in [5, 5.41) is 8.10. The van der Waals surface area contributed by atoms with Crippen molar-refractivity contribution in [2.24, 2.45) is 0 Å². The second kappa shape index (κ2) is 5.29. The van der Waals surface area contributed by atoms with E-state index in [4.69, 9.17) is 11.6 Å². The van der Waals surface area contributed by atoms with E-state index in [1.165, 1.54) is 5.56 Å². The zero-order valence-corrected chi connectivity index (χ0v) is 10.6. The van der Waals surface area contributed by atoms with E-state index in [1.807, 2.05) is 12.1 Å². The van der Waals surface area contributed by atoms with Gasteiger partial charge in [-0.1, -0.05) is 25.4 Å². The van der Waals surface area contributed by atoms with E-state index < -0.39 is 0 Å². The van der Waals surface area contributed by atoms with Gasteiger partial charge in [-0.3, -0.25) is 0 Å². The number of halogens is 1. The van der Waals surface area contributed by atoms with Crippen LogP contribution in [0.5, 0.6) is 0 Å². The predicted molar refractivity (Wildman–Crippen MR) is 68.3 cm³/mol. The monoisotopic (exact) mass is 250 g/mol. The Balaban J connectivity index is 2.16. The maximum absolute atomic E-state index is 5.83. The van der Waals surface area contributed by atoms with Crippen molar-refractivity contribution in [1.82, 2.24) is 20.1 Å². The molecule has 17 heavy (non-hydrogen) atoms. The van der Waals surface area contributed by atoms with Crippen molar-refractivity contribution >= 4 is 11.6 Å². The highest BCUT2D eigenvalue weighted by Crippen LogP contribution is 2.11. The zero-order valence-electron chi connectivity index (χ0n) is 9.89. The van der Waals surface area contributed by atoms with Crippen molar-refractivity contribution in [3.63, 3.8) is 0 Å². The van der Waals surface area contributed by atoms with Gasteiger partial charge in [-0.05, 0) is 17.7 Å². The number of rotatable bonds is 4. The molecule has 0 saturated heterocycles. The highest BCUT2D eigenvalue weighted by molar-refractivity contribution is 6.30. The van der Waals surface area contributed by atoms with E-state index in [0.29, 0.717) is 11.1 Å². The first-order valence-electron chi connectivity index (χ1n) is 5.54. The maximum atomic E-state index is 5.83. The number of hydrogen-bond donors (Lipinski definition) is 1. The van der Waals surface area contributed by atoms with Crippen LogP contribution in [0.15, 0.2) is 30.7 Å². The summed E-state index contributed by atoms with van der Waals surface area (Å²) in [7, 11) is 0. The first-order chi connectivity index (χ1) is 8.15. The highest BCUT2D eigenvalue weighted by Gasteiger charge is 2.02. The van der Waals surface area contributed by atoms with Gasteiger partial charge in [0.1, 0.15) is 0 Å². The Kier molecular flexibility index (Phi) is 3.76. The molecule has 0 aliphatic carbocycles. The largest absolute Gasteiger partial charge is 0.310 e. The lowest BCUT2D eigenvalue weighted by molar-refractivity contribution is 0.588. The van der Waals surface area contributed by atoms with Gasteiger partial charge < -0.3 is 5.32 Å². The van der Waals surface area contributed by atoms with Gasteiger partial charge in [0.05, 0.1) is 17.4 Å². The Morgan fingerprint density at radius 3 is 2.94 bits per heavy atom. The van der Waals surface area contributed by atoms with Gasteiger partial charge in [-0.25, -0.2) is 9.67 Å². The molecule has 0 amide bonds. The molecule has 5 heteroatoms. The van der Waals surface area contributed by atoms with Crippen molar-refractivity contribution in [2.45, 2.75) is 26.4 Å². The van der Waals surface area contributed by atoms with E-state index in [-0.39, 0.29) is 0 Å². The van der Waals surface area contributed by atoms with Crippen LogP contribution in [0, 0.1) is 0 Å². The summed E-state index contributed by atoms with van der Waals surface area (Å²) in [6.45, 7) is 5.06. The van der Waals surface area contributed by atoms with Crippen LogP contribution < -0.4 is 5.32 Å². The van der Waals surface area contributed by atoms with Crippen molar-refractivity contribution in [3.8, 4) is 5.82 Å². The van der Waals surface area contributed by atoms with Crippen LogP contribution in [0.2, 0.25) is 5.02 Å². The molecule has 1 N–H and O–H groups in total. The summed E-state index contributed by atoms with van der Waals surface area (Å²) in [4.78, 5) is 4.26. The van der Waals surface area contributed by atoms with E-state index >= 15 is 0 Å². The number of nitrogens with one attached hydrogen (secondary N) is 1. The topological polar surface area (TPSA) is 42.7 Å². The minimum absolute atomic E-state index is 0.464. The molecular weight excluding hydrogens is 236 g/mol. The lowest BCUT2D eigenvalue weighted by atomic mass is 10.2. The van der Waals surface area contributed by atoms with Crippen molar-refractivity contribution in [3.05, 3.63) is 41.3 Å². The highest BCUT2D eigenvalue weighted by atomic mass is 35.5. The lowest BCUT2D eigenvalue weighted by Gasteiger charge is -2.08. The van der Waals surface area contributed by atoms with Crippen molar-refractivity contribution < 1.29 is 0 Å². The van der Waals surface area contributed by atoms with Crippen LogP contribution >= 0.6 is 11.6 Å². The second-order valence-electron chi connectivity index (χ2n) is 4.16. The number of nitrogens with zero attached hydrogens (tertiary/aromatic N) is 3. The molecule has 2 rings (SSSR count). The maximum Gasteiger partial charge on any atom is 0.153 e. The Morgan fingerprint density at radius 2 is 2.29 bits per heavy atom. The zero-order chi connectivity index (χ0) is 12.3. The van der Waals surface area contributed by atoms with Gasteiger partial charge >= 0.3 is 0 Å². The second-order valence-corrected chi connectivity index (χ2v) is 4.60. The molecule has 2 heterocycles. The number of pyridine rings is 1. The van der Waals surface area contributed by atoms with E-state index in [2.05, 4.69) is 29.2 Å². The smallest absolute Gasteiger partial charge is 0.153 e. The van der Waals surface area contributed by atoms with Gasteiger partial charge in [0, 0.05) is 18.8 Å². The summed E-state index contributed by atoms with van der Waals surface area (Å²) in [5.41, 5.74) is 1.18. The molecule has 4 nitrogen and oxygen atoms in total. The fourth-order valence-corrected chi connectivity index (χ4v) is 1.58. The summed E-state index contributed by atoms with van der Waals surface area (Å²) < 4.78 is 1.67. The molecule has 0 aliphatic rings. The van der Waals surface area contributed by atoms with Gasteiger partial charge in [-0.15, -0.1) is 0 Å². The lowest BCUT2D eigenvalue weighted by Crippen LogP contribution is -2.21. The van der Waals surface area contributed by atoms with Crippen LogP contribution in [-0.4, -0.2) is 20.8 Å². The van der Waals surface area contributed by atoms with Crippen LogP contribution in [0.1, 0.15) is 19.4 Å². The first-order valence-corrected chi connectivity index (χ1v) is 5.92. The Bertz CT molecular complexity index is 493. The Morgan fingerprint density at radius 1 is 1.47 bits per heavy atom. The average Bonchev–Trinajstić information content (AvgIpc) is 2.74. The molecule has 2 aromatic rings. The number of aromatic nitrogens is 3. The fraction of sp³-hybridized carbons (Fsp3) is 0.333. The van der Waals surface area contributed by atoms with Gasteiger partial charge in [0.25, 0.3) is 0 Å². The predicted octanol–water partition coefficient (Wildman–Crippen LogP) is 2.42. The SMILES string of the molecule is CC(C)NCc1ccnc(-n2cc(Cl)cn2)c1. The Hall–Kier alpha value is -1.39. The van der Waals surface area contributed by atoms with E-state index in [0.717, 1.165) is 12.4 Å². The van der Waals surface area contributed by atoms with Gasteiger partial charge in [0.2, 0.25) is 0 Å². The van der Waals surface area contributed by atoms with Crippen LogP contribution in [0.3, 0.4) is 0 Å². The molecule has 0 aliphatic heterocycles.